The third kappa shape index (κ3) is 1.44. The third-order valence-electron chi connectivity index (χ3n) is 3.34. The molecule has 0 spiro atoms. The molecular formula is C13H13FN2O. The Labute approximate surface area is 97.7 Å². The van der Waals surface area contributed by atoms with Gasteiger partial charge in [0, 0.05) is 23.6 Å². The van der Waals surface area contributed by atoms with E-state index in [1.165, 1.54) is 6.07 Å². The summed E-state index contributed by atoms with van der Waals surface area (Å²) in [5.41, 5.74) is 8.07. The first kappa shape index (κ1) is 10.3. The number of anilines is 1. The van der Waals surface area contributed by atoms with Crippen LogP contribution in [0.4, 0.5) is 10.1 Å². The van der Waals surface area contributed by atoms with Crippen molar-refractivity contribution in [3.05, 3.63) is 40.2 Å². The lowest BCUT2D eigenvalue weighted by Crippen LogP contribution is -2.20. The summed E-state index contributed by atoms with van der Waals surface area (Å²) in [7, 11) is 0. The second kappa shape index (κ2) is 3.32. The predicted molar refractivity (Wildman–Crippen MR) is 65.9 cm³/mol. The van der Waals surface area contributed by atoms with Crippen molar-refractivity contribution in [3.8, 4) is 0 Å². The maximum absolute atomic E-state index is 13.2. The van der Waals surface area contributed by atoms with Crippen molar-refractivity contribution < 1.29 is 4.39 Å². The highest BCUT2D eigenvalue weighted by Crippen LogP contribution is 2.40. The second-order valence-corrected chi connectivity index (χ2v) is 4.59. The number of nitrogens with two attached hydrogens (primary N) is 1. The van der Waals surface area contributed by atoms with Crippen LogP contribution in [0.5, 0.6) is 0 Å². The number of alkyl halides is 1. The Bertz CT molecular complexity index is 662. The summed E-state index contributed by atoms with van der Waals surface area (Å²) in [5, 5.41) is 0.823. The molecule has 1 fully saturated rings. The zero-order valence-corrected chi connectivity index (χ0v) is 9.48. The van der Waals surface area contributed by atoms with E-state index < -0.39 is 6.17 Å². The lowest BCUT2D eigenvalue weighted by atomic mass is 10.1. The van der Waals surface area contributed by atoms with E-state index in [2.05, 4.69) is 0 Å². The normalized spacial score (nSPS) is 22.9. The lowest BCUT2D eigenvalue weighted by Gasteiger charge is -2.12. The van der Waals surface area contributed by atoms with Crippen LogP contribution in [-0.4, -0.2) is 10.7 Å². The summed E-state index contributed by atoms with van der Waals surface area (Å²) in [6.07, 6.45) is -0.480. The molecule has 1 saturated carbocycles. The van der Waals surface area contributed by atoms with Crippen molar-refractivity contribution in [1.82, 2.24) is 4.57 Å². The van der Waals surface area contributed by atoms with Gasteiger partial charge >= 0.3 is 0 Å². The van der Waals surface area contributed by atoms with Gasteiger partial charge in [-0.15, -0.1) is 0 Å². The average Bonchev–Trinajstić information content (AvgIpc) is 3.00. The van der Waals surface area contributed by atoms with Crippen molar-refractivity contribution in [1.29, 1.82) is 0 Å². The van der Waals surface area contributed by atoms with Crippen molar-refractivity contribution in [3.63, 3.8) is 0 Å². The van der Waals surface area contributed by atoms with Gasteiger partial charge in [0.2, 0.25) is 0 Å². The fraction of sp³-hybridized carbons (Fsp3) is 0.308. The number of fused-ring (bicyclic) bond motifs is 1. The van der Waals surface area contributed by atoms with Crippen LogP contribution in [0.25, 0.3) is 10.9 Å². The number of rotatable bonds is 1. The molecule has 3 rings (SSSR count). The quantitative estimate of drug-likeness (QED) is 0.766. The molecule has 2 aromatic rings. The Hall–Kier alpha value is -1.84. The highest BCUT2D eigenvalue weighted by molar-refractivity contribution is 5.92. The van der Waals surface area contributed by atoms with Crippen molar-refractivity contribution >= 4 is 16.6 Å². The van der Waals surface area contributed by atoms with Crippen molar-refractivity contribution in [2.24, 2.45) is 0 Å². The van der Waals surface area contributed by atoms with Gasteiger partial charge < -0.3 is 10.3 Å². The van der Waals surface area contributed by atoms with Gasteiger partial charge in [-0.2, -0.15) is 0 Å². The summed E-state index contributed by atoms with van der Waals surface area (Å²) >= 11 is 0. The molecule has 17 heavy (non-hydrogen) atoms. The number of hydrogen-bond donors (Lipinski definition) is 1. The van der Waals surface area contributed by atoms with Gasteiger partial charge in [-0.1, -0.05) is 6.07 Å². The Morgan fingerprint density at radius 3 is 2.71 bits per heavy atom. The number of hydrogen-bond acceptors (Lipinski definition) is 2. The second-order valence-electron chi connectivity index (χ2n) is 4.59. The molecule has 1 heterocycles. The fourth-order valence-electron chi connectivity index (χ4n) is 2.32. The van der Waals surface area contributed by atoms with Crippen LogP contribution >= 0.6 is 0 Å². The number of nitrogen functional groups attached to an aromatic ring is 1. The van der Waals surface area contributed by atoms with E-state index in [0.717, 1.165) is 16.5 Å². The molecular weight excluding hydrogens is 219 g/mol. The molecule has 1 aliphatic rings. The standard InChI is InChI=1S/C13H13FN2O/c1-7-2-4-10(15)8-3-5-12(17)16(13(7)8)11-6-9(11)14/h2-5,9,11H,6,15H2,1H3/t9-,11+/m0/s1. The fourth-order valence-corrected chi connectivity index (χ4v) is 2.32. The summed E-state index contributed by atoms with van der Waals surface area (Å²) < 4.78 is 14.8. The number of aromatic nitrogens is 1. The zero-order chi connectivity index (χ0) is 12.2. The highest BCUT2D eigenvalue weighted by Gasteiger charge is 2.40. The van der Waals surface area contributed by atoms with Crippen LogP contribution in [0.3, 0.4) is 0 Å². The Balaban J connectivity index is 2.43. The minimum atomic E-state index is -0.904. The minimum Gasteiger partial charge on any atom is -0.398 e. The first-order valence-electron chi connectivity index (χ1n) is 5.64. The first-order chi connectivity index (χ1) is 8.09. The smallest absolute Gasteiger partial charge is 0.251 e. The molecule has 1 aromatic carbocycles. The van der Waals surface area contributed by atoms with Gasteiger partial charge in [0.1, 0.15) is 6.17 Å². The molecule has 1 aliphatic carbocycles. The Morgan fingerprint density at radius 2 is 2.06 bits per heavy atom. The average molecular weight is 232 g/mol. The van der Waals surface area contributed by atoms with Crippen LogP contribution in [0, 0.1) is 6.92 Å². The van der Waals surface area contributed by atoms with Crippen LogP contribution in [0.1, 0.15) is 18.0 Å². The maximum Gasteiger partial charge on any atom is 0.251 e. The van der Waals surface area contributed by atoms with E-state index in [1.54, 1.807) is 10.6 Å². The first-order valence-corrected chi connectivity index (χ1v) is 5.64. The highest BCUT2D eigenvalue weighted by atomic mass is 19.1. The summed E-state index contributed by atoms with van der Waals surface area (Å²) in [6.45, 7) is 1.91. The number of benzene rings is 1. The molecule has 0 amide bonds. The summed E-state index contributed by atoms with van der Waals surface area (Å²) in [4.78, 5) is 11.9. The molecule has 0 unspecified atom stereocenters. The van der Waals surface area contributed by atoms with Gasteiger partial charge in [-0.25, -0.2) is 4.39 Å². The van der Waals surface area contributed by atoms with E-state index >= 15 is 0 Å². The molecule has 0 radical (unpaired) electrons. The Morgan fingerprint density at radius 1 is 1.35 bits per heavy atom. The van der Waals surface area contributed by atoms with Gasteiger partial charge in [-0.3, -0.25) is 4.79 Å². The van der Waals surface area contributed by atoms with E-state index in [9.17, 15) is 9.18 Å². The number of aryl methyl sites for hydroxylation is 1. The molecule has 4 heteroatoms. The van der Waals surface area contributed by atoms with Gasteiger partial charge in [0.05, 0.1) is 11.6 Å². The third-order valence-corrected chi connectivity index (χ3v) is 3.34. The number of nitrogens with zero attached hydrogens (tertiary/aromatic N) is 1. The minimum absolute atomic E-state index is 0.156. The van der Waals surface area contributed by atoms with Gasteiger partial charge in [0.25, 0.3) is 5.56 Å². The lowest BCUT2D eigenvalue weighted by molar-refractivity contribution is 0.442. The molecule has 88 valence electrons. The molecule has 2 atom stereocenters. The van der Waals surface area contributed by atoms with E-state index in [-0.39, 0.29) is 11.6 Å². The SMILES string of the molecule is Cc1ccc(N)c2ccc(=O)n([C@@H]3C[C@@H]3F)c12. The van der Waals surface area contributed by atoms with Gasteiger partial charge in [0.15, 0.2) is 0 Å². The van der Waals surface area contributed by atoms with Crippen LogP contribution in [0.2, 0.25) is 0 Å². The Kier molecular flexibility index (Phi) is 2.02. The summed E-state index contributed by atoms with van der Waals surface area (Å²) in [5.74, 6) is 0. The molecule has 0 saturated heterocycles. The van der Waals surface area contributed by atoms with E-state index in [1.807, 2.05) is 19.1 Å². The van der Waals surface area contributed by atoms with Crippen LogP contribution in [0.15, 0.2) is 29.1 Å². The van der Waals surface area contributed by atoms with Crippen molar-refractivity contribution in [2.45, 2.75) is 25.6 Å². The van der Waals surface area contributed by atoms with Crippen molar-refractivity contribution in [2.75, 3.05) is 5.73 Å². The van der Waals surface area contributed by atoms with Gasteiger partial charge in [-0.05, 0) is 24.6 Å². The molecule has 2 N–H and O–H groups in total. The number of halogens is 1. The molecule has 0 aliphatic heterocycles. The maximum atomic E-state index is 13.2. The van der Waals surface area contributed by atoms with Crippen LogP contribution in [-0.2, 0) is 0 Å². The topological polar surface area (TPSA) is 48.0 Å². The predicted octanol–water partition coefficient (Wildman–Crippen LogP) is 2.18. The molecule has 1 aromatic heterocycles. The summed E-state index contributed by atoms with van der Waals surface area (Å²) in [6, 6.07) is 6.54. The molecule has 3 nitrogen and oxygen atoms in total. The number of pyridine rings is 1. The molecule has 0 bridgehead atoms. The largest absolute Gasteiger partial charge is 0.398 e. The van der Waals surface area contributed by atoms with E-state index in [0.29, 0.717) is 12.1 Å². The van der Waals surface area contributed by atoms with E-state index in [4.69, 9.17) is 5.73 Å². The monoisotopic (exact) mass is 232 g/mol. The van der Waals surface area contributed by atoms with Crippen LogP contribution < -0.4 is 11.3 Å². The zero-order valence-electron chi connectivity index (χ0n) is 9.48.